The van der Waals surface area contributed by atoms with Crippen LogP contribution in [0, 0.1) is 12.8 Å². The Morgan fingerprint density at radius 2 is 1.81 bits per heavy atom. The molecule has 2 aliphatic rings. The molecule has 1 heterocycles. The Balaban J connectivity index is 1.55. The van der Waals surface area contributed by atoms with E-state index in [-0.39, 0.29) is 6.04 Å². The highest BCUT2D eigenvalue weighted by Crippen LogP contribution is 2.35. The third kappa shape index (κ3) is 3.67. The summed E-state index contributed by atoms with van der Waals surface area (Å²) in [4.78, 5) is 2.75. The molecule has 1 aliphatic heterocycles. The number of nitrogens with zero attached hydrogens (tertiary/aromatic N) is 1. The number of fused-ring (bicyclic) bond motifs is 1. The number of rotatable bonds is 4. The zero-order chi connectivity index (χ0) is 14.7. The predicted molar refractivity (Wildman–Crippen MR) is 89.3 cm³/mol. The monoisotopic (exact) mass is 286 g/mol. The second-order valence-corrected chi connectivity index (χ2v) is 7.10. The van der Waals surface area contributed by atoms with Gasteiger partial charge in [0.1, 0.15) is 0 Å². The second kappa shape index (κ2) is 6.93. The van der Waals surface area contributed by atoms with E-state index in [2.05, 4.69) is 36.1 Å². The molecule has 2 N–H and O–H groups in total. The molecule has 1 saturated carbocycles. The van der Waals surface area contributed by atoms with Gasteiger partial charge in [-0.1, -0.05) is 42.7 Å². The highest BCUT2D eigenvalue weighted by Gasteiger charge is 2.32. The quantitative estimate of drug-likeness (QED) is 0.905. The normalized spacial score (nSPS) is 28.1. The summed E-state index contributed by atoms with van der Waals surface area (Å²) in [6.07, 6.45) is 9.72. The number of hydrogen-bond donors (Lipinski definition) is 1. The predicted octanol–water partition coefficient (Wildman–Crippen LogP) is 4.04. The van der Waals surface area contributed by atoms with Gasteiger partial charge in [0.25, 0.3) is 0 Å². The molecule has 21 heavy (non-hydrogen) atoms. The lowest BCUT2D eigenvalue weighted by molar-refractivity contribution is 0.0586. The first-order chi connectivity index (χ1) is 10.2. The van der Waals surface area contributed by atoms with E-state index in [0.29, 0.717) is 0 Å². The minimum atomic E-state index is 0.189. The van der Waals surface area contributed by atoms with Crippen LogP contribution >= 0.6 is 0 Å². The van der Waals surface area contributed by atoms with Crippen molar-refractivity contribution in [2.45, 2.75) is 64.0 Å². The van der Waals surface area contributed by atoms with E-state index >= 15 is 0 Å². The van der Waals surface area contributed by atoms with Crippen molar-refractivity contribution in [2.75, 3.05) is 13.1 Å². The Bertz CT molecular complexity index is 437. The Morgan fingerprint density at radius 3 is 2.62 bits per heavy atom. The summed E-state index contributed by atoms with van der Waals surface area (Å²) in [7, 11) is 0. The van der Waals surface area contributed by atoms with Gasteiger partial charge in [-0.05, 0) is 57.1 Å². The molecule has 0 aromatic heterocycles. The first kappa shape index (κ1) is 15.1. The van der Waals surface area contributed by atoms with E-state index in [1.807, 2.05) is 0 Å². The van der Waals surface area contributed by atoms with Crippen LogP contribution in [0.1, 0.15) is 62.1 Å². The molecule has 0 amide bonds. The molecule has 3 atom stereocenters. The van der Waals surface area contributed by atoms with Gasteiger partial charge in [-0.3, -0.25) is 0 Å². The van der Waals surface area contributed by atoms with Crippen LogP contribution in [-0.4, -0.2) is 24.0 Å². The van der Waals surface area contributed by atoms with Crippen LogP contribution in [0.15, 0.2) is 24.3 Å². The molecule has 2 nitrogen and oxygen atoms in total. The highest BCUT2D eigenvalue weighted by atomic mass is 15.2. The standard InChI is InChI=1S/C19H30N2/c1-15-8-10-16(11-9-15)18(20)12-14-21-13-4-6-17-5-2-3-7-19(17)21/h8-11,17-19H,2-7,12-14,20H2,1H3. The molecule has 1 aromatic rings. The summed E-state index contributed by atoms with van der Waals surface area (Å²) in [6.45, 7) is 4.60. The minimum absolute atomic E-state index is 0.189. The molecule has 3 rings (SSSR count). The van der Waals surface area contributed by atoms with E-state index < -0.39 is 0 Å². The van der Waals surface area contributed by atoms with Crippen LogP contribution in [0.2, 0.25) is 0 Å². The zero-order valence-corrected chi connectivity index (χ0v) is 13.4. The Morgan fingerprint density at radius 1 is 1.10 bits per heavy atom. The Kier molecular flexibility index (Phi) is 4.97. The first-order valence-electron chi connectivity index (χ1n) is 8.80. The van der Waals surface area contributed by atoms with Crippen molar-refractivity contribution in [2.24, 2.45) is 11.7 Å². The number of benzene rings is 1. The van der Waals surface area contributed by atoms with Gasteiger partial charge in [0.2, 0.25) is 0 Å². The number of nitrogens with two attached hydrogens (primary N) is 1. The van der Waals surface area contributed by atoms with Crippen LogP contribution in [0.25, 0.3) is 0 Å². The number of aryl methyl sites for hydroxylation is 1. The van der Waals surface area contributed by atoms with Crippen LogP contribution in [0.4, 0.5) is 0 Å². The fourth-order valence-corrected chi connectivity index (χ4v) is 4.29. The Labute approximate surface area is 129 Å². The summed E-state index contributed by atoms with van der Waals surface area (Å²) >= 11 is 0. The van der Waals surface area contributed by atoms with Crippen LogP contribution < -0.4 is 5.73 Å². The average molecular weight is 286 g/mol. The van der Waals surface area contributed by atoms with Crippen LogP contribution in [0.3, 0.4) is 0 Å². The van der Waals surface area contributed by atoms with E-state index in [1.165, 1.54) is 62.7 Å². The third-order valence-electron chi connectivity index (χ3n) is 5.59. The van der Waals surface area contributed by atoms with E-state index in [1.54, 1.807) is 0 Å². The lowest BCUT2D eigenvalue weighted by Gasteiger charge is -2.44. The van der Waals surface area contributed by atoms with E-state index in [9.17, 15) is 0 Å². The maximum Gasteiger partial charge on any atom is 0.0307 e. The second-order valence-electron chi connectivity index (χ2n) is 7.10. The first-order valence-corrected chi connectivity index (χ1v) is 8.80. The molecule has 2 heteroatoms. The van der Waals surface area contributed by atoms with Gasteiger partial charge in [0, 0.05) is 18.6 Å². The molecule has 2 fully saturated rings. The lowest BCUT2D eigenvalue weighted by atomic mass is 9.78. The van der Waals surface area contributed by atoms with Gasteiger partial charge in [0.05, 0.1) is 0 Å². The van der Waals surface area contributed by atoms with Gasteiger partial charge in [-0.25, -0.2) is 0 Å². The van der Waals surface area contributed by atoms with Crippen LogP contribution in [0.5, 0.6) is 0 Å². The van der Waals surface area contributed by atoms with Gasteiger partial charge in [-0.2, -0.15) is 0 Å². The number of likely N-dealkylation sites (tertiary alicyclic amines) is 1. The van der Waals surface area contributed by atoms with Crippen LogP contribution in [-0.2, 0) is 0 Å². The summed E-state index contributed by atoms with van der Waals surface area (Å²) < 4.78 is 0. The summed E-state index contributed by atoms with van der Waals surface area (Å²) in [5.41, 5.74) is 9.01. The van der Waals surface area contributed by atoms with E-state index in [4.69, 9.17) is 5.73 Å². The zero-order valence-electron chi connectivity index (χ0n) is 13.4. The average Bonchev–Trinajstić information content (AvgIpc) is 2.53. The Hall–Kier alpha value is -0.860. The SMILES string of the molecule is Cc1ccc(C(N)CCN2CCCC3CCCCC32)cc1. The highest BCUT2D eigenvalue weighted by molar-refractivity contribution is 5.23. The fourth-order valence-electron chi connectivity index (χ4n) is 4.29. The lowest BCUT2D eigenvalue weighted by Crippen LogP contribution is -2.47. The van der Waals surface area contributed by atoms with Crippen molar-refractivity contribution in [3.8, 4) is 0 Å². The topological polar surface area (TPSA) is 29.3 Å². The molecule has 1 aliphatic carbocycles. The molecule has 1 saturated heterocycles. The van der Waals surface area contributed by atoms with Gasteiger partial charge in [-0.15, -0.1) is 0 Å². The molecule has 1 aromatic carbocycles. The third-order valence-corrected chi connectivity index (χ3v) is 5.59. The molecule has 0 bridgehead atoms. The van der Waals surface area contributed by atoms with Crippen molar-refractivity contribution >= 4 is 0 Å². The van der Waals surface area contributed by atoms with Gasteiger partial charge >= 0.3 is 0 Å². The molecular formula is C19H30N2. The van der Waals surface area contributed by atoms with Crippen molar-refractivity contribution in [3.05, 3.63) is 35.4 Å². The fraction of sp³-hybridized carbons (Fsp3) is 0.684. The van der Waals surface area contributed by atoms with Crippen molar-refractivity contribution in [1.29, 1.82) is 0 Å². The largest absolute Gasteiger partial charge is 0.324 e. The van der Waals surface area contributed by atoms with Crippen molar-refractivity contribution in [1.82, 2.24) is 4.90 Å². The molecule has 3 unspecified atom stereocenters. The minimum Gasteiger partial charge on any atom is -0.324 e. The molecule has 0 spiro atoms. The summed E-state index contributed by atoms with van der Waals surface area (Å²) in [5, 5.41) is 0. The van der Waals surface area contributed by atoms with Crippen molar-refractivity contribution in [3.63, 3.8) is 0 Å². The smallest absolute Gasteiger partial charge is 0.0307 e. The van der Waals surface area contributed by atoms with E-state index in [0.717, 1.165) is 18.4 Å². The summed E-state index contributed by atoms with van der Waals surface area (Å²) in [6, 6.07) is 9.78. The molecular weight excluding hydrogens is 256 g/mol. The molecule has 116 valence electrons. The molecule has 0 radical (unpaired) electrons. The maximum absolute atomic E-state index is 6.40. The van der Waals surface area contributed by atoms with Gasteiger partial charge < -0.3 is 10.6 Å². The number of piperidine rings is 1. The van der Waals surface area contributed by atoms with Crippen molar-refractivity contribution < 1.29 is 0 Å². The van der Waals surface area contributed by atoms with Gasteiger partial charge in [0.15, 0.2) is 0 Å². The summed E-state index contributed by atoms with van der Waals surface area (Å²) in [5.74, 6) is 0.975. The number of hydrogen-bond acceptors (Lipinski definition) is 2. The maximum atomic E-state index is 6.40.